The Balaban J connectivity index is 1.80. The van der Waals surface area contributed by atoms with Gasteiger partial charge >= 0.3 is 5.97 Å². The van der Waals surface area contributed by atoms with Crippen LogP contribution in [0, 0.1) is 25.6 Å². The molecule has 2 heterocycles. The molecule has 0 spiro atoms. The maximum absolute atomic E-state index is 13.8. The van der Waals surface area contributed by atoms with Crippen molar-refractivity contribution in [2.24, 2.45) is 5.92 Å². The topological polar surface area (TPSA) is 76.1 Å². The van der Waals surface area contributed by atoms with Crippen molar-refractivity contribution in [2.75, 3.05) is 13.2 Å². The van der Waals surface area contributed by atoms with Gasteiger partial charge in [-0.05, 0) is 99.4 Å². The molecule has 0 unspecified atom stereocenters. The molecular formula is C30H36FNO5. The molecule has 2 aliphatic rings. The van der Waals surface area contributed by atoms with E-state index in [1.165, 1.54) is 18.2 Å². The molecule has 1 N–H and O–H groups in total. The fourth-order valence-electron chi connectivity index (χ4n) is 5.27. The minimum absolute atomic E-state index is 0.254. The number of carboxylic acid groups (broad SMARTS) is 1. The molecule has 2 aliphatic heterocycles. The number of nitrogens with zero attached hydrogens (tertiary/aromatic N) is 1. The number of fused-ring (bicyclic) bond motifs is 1. The molecule has 1 atom stereocenters. The van der Waals surface area contributed by atoms with Gasteiger partial charge in [0, 0.05) is 37.4 Å². The largest absolute Gasteiger partial charge is 0.479 e. The Bertz CT molecular complexity index is 1220. The Morgan fingerprint density at radius 2 is 1.78 bits per heavy atom. The van der Waals surface area contributed by atoms with E-state index >= 15 is 0 Å². The normalized spacial score (nSPS) is 17.3. The quantitative estimate of drug-likeness (QED) is 0.519. The lowest BCUT2D eigenvalue weighted by molar-refractivity contribution is -0.160. The van der Waals surface area contributed by atoms with Crippen molar-refractivity contribution in [3.8, 4) is 0 Å². The van der Waals surface area contributed by atoms with Gasteiger partial charge in [0.15, 0.2) is 6.10 Å². The summed E-state index contributed by atoms with van der Waals surface area (Å²) in [5.41, 5.74) is 4.78. The molecular weight excluding hydrogens is 473 g/mol. The highest BCUT2D eigenvalue weighted by atomic mass is 19.1. The van der Waals surface area contributed by atoms with Crippen LogP contribution in [0.15, 0.2) is 30.3 Å². The number of aliphatic carboxylic acids is 1. The highest BCUT2D eigenvalue weighted by Crippen LogP contribution is 2.40. The van der Waals surface area contributed by atoms with Gasteiger partial charge in [-0.1, -0.05) is 18.2 Å². The minimum Gasteiger partial charge on any atom is -0.479 e. The van der Waals surface area contributed by atoms with Gasteiger partial charge in [-0.25, -0.2) is 9.18 Å². The van der Waals surface area contributed by atoms with E-state index < -0.39 is 23.5 Å². The van der Waals surface area contributed by atoms with Crippen molar-refractivity contribution in [2.45, 2.75) is 72.3 Å². The number of rotatable bonds is 6. The maximum atomic E-state index is 13.8. The van der Waals surface area contributed by atoms with Crippen LogP contribution < -0.4 is 0 Å². The van der Waals surface area contributed by atoms with Crippen molar-refractivity contribution in [3.05, 3.63) is 75.1 Å². The van der Waals surface area contributed by atoms with E-state index in [0.717, 1.165) is 40.7 Å². The standard InChI is InChI=1S/C30H36FNO5/c1-18-23(10-9-20-11-13-36-14-12-20)26(27(29(34)35)37-30(3,4)5)19(2)25-17-32(16-24(18)25)28(33)21-7-6-8-22(31)15-21/h6-10,15,20,27H,11-14,16-17H2,1-5H3,(H,34,35)/t27-/m0/s1. The highest BCUT2D eigenvalue weighted by Gasteiger charge is 2.35. The first-order valence-electron chi connectivity index (χ1n) is 12.8. The summed E-state index contributed by atoms with van der Waals surface area (Å²) in [6.07, 6.45) is 4.87. The van der Waals surface area contributed by atoms with Crippen LogP contribution in [0.3, 0.4) is 0 Å². The Morgan fingerprint density at radius 3 is 2.38 bits per heavy atom. The summed E-state index contributed by atoms with van der Waals surface area (Å²) >= 11 is 0. The average Bonchev–Trinajstić information content (AvgIpc) is 3.30. The molecule has 1 saturated heterocycles. The number of carboxylic acids is 1. The van der Waals surface area contributed by atoms with E-state index in [1.807, 2.05) is 40.7 Å². The first-order chi connectivity index (χ1) is 17.5. The Morgan fingerprint density at radius 1 is 1.14 bits per heavy atom. The Kier molecular flexibility index (Phi) is 7.85. The predicted octanol–water partition coefficient (Wildman–Crippen LogP) is 5.98. The lowest BCUT2D eigenvalue weighted by Gasteiger charge is -2.29. The summed E-state index contributed by atoms with van der Waals surface area (Å²) in [6.45, 7) is 11.6. The number of halogens is 1. The zero-order valence-corrected chi connectivity index (χ0v) is 22.3. The number of amides is 1. The Hall–Kier alpha value is -3.03. The van der Waals surface area contributed by atoms with E-state index in [4.69, 9.17) is 9.47 Å². The van der Waals surface area contributed by atoms with Gasteiger partial charge < -0.3 is 19.5 Å². The first-order valence-corrected chi connectivity index (χ1v) is 12.8. The van der Waals surface area contributed by atoms with Crippen LogP contribution in [-0.4, -0.2) is 40.7 Å². The summed E-state index contributed by atoms with van der Waals surface area (Å²) in [6, 6.07) is 5.70. The first kappa shape index (κ1) is 27.0. The smallest absolute Gasteiger partial charge is 0.337 e. The average molecular weight is 510 g/mol. The van der Waals surface area contributed by atoms with E-state index in [2.05, 4.69) is 6.08 Å². The zero-order chi connectivity index (χ0) is 26.9. The van der Waals surface area contributed by atoms with Gasteiger partial charge in [0.05, 0.1) is 5.60 Å². The highest BCUT2D eigenvalue weighted by molar-refractivity contribution is 5.94. The number of carbonyl (C=O) groups is 2. The fraction of sp³-hybridized carbons (Fsp3) is 0.467. The van der Waals surface area contributed by atoms with Gasteiger partial charge in [-0.15, -0.1) is 0 Å². The van der Waals surface area contributed by atoms with E-state index in [0.29, 0.717) is 43.3 Å². The monoisotopic (exact) mass is 509 g/mol. The molecule has 2 aromatic carbocycles. The summed E-state index contributed by atoms with van der Waals surface area (Å²) in [5.74, 6) is -1.41. The van der Waals surface area contributed by atoms with Crippen LogP contribution in [0.2, 0.25) is 0 Å². The number of hydrogen-bond donors (Lipinski definition) is 1. The number of hydrogen-bond acceptors (Lipinski definition) is 4. The maximum Gasteiger partial charge on any atom is 0.337 e. The number of benzene rings is 2. The van der Waals surface area contributed by atoms with Gasteiger partial charge in [0.2, 0.25) is 0 Å². The van der Waals surface area contributed by atoms with Gasteiger partial charge in [-0.2, -0.15) is 0 Å². The number of ether oxygens (including phenoxy) is 2. The van der Waals surface area contributed by atoms with E-state index in [-0.39, 0.29) is 5.91 Å². The molecule has 1 fully saturated rings. The second-order valence-corrected chi connectivity index (χ2v) is 11.0. The number of carbonyl (C=O) groups excluding carboxylic acids is 1. The molecule has 1 amide bonds. The lowest BCUT2D eigenvalue weighted by atomic mass is 9.85. The zero-order valence-electron chi connectivity index (χ0n) is 22.3. The summed E-state index contributed by atoms with van der Waals surface area (Å²) in [4.78, 5) is 27.5. The molecule has 37 heavy (non-hydrogen) atoms. The van der Waals surface area contributed by atoms with Crippen molar-refractivity contribution in [3.63, 3.8) is 0 Å². The molecule has 0 aliphatic carbocycles. The van der Waals surface area contributed by atoms with Crippen LogP contribution >= 0.6 is 0 Å². The third-order valence-corrected chi connectivity index (χ3v) is 7.18. The van der Waals surface area contributed by atoms with Crippen molar-refractivity contribution < 1.29 is 28.6 Å². The van der Waals surface area contributed by atoms with Gasteiger partial charge in [0.1, 0.15) is 5.82 Å². The molecule has 0 saturated carbocycles. The molecule has 0 bridgehead atoms. The molecule has 4 rings (SSSR count). The van der Waals surface area contributed by atoms with Crippen molar-refractivity contribution in [1.82, 2.24) is 4.90 Å². The van der Waals surface area contributed by atoms with Crippen molar-refractivity contribution >= 4 is 18.0 Å². The third kappa shape index (κ3) is 5.94. The van der Waals surface area contributed by atoms with Crippen LogP contribution in [0.4, 0.5) is 4.39 Å². The fourth-order valence-corrected chi connectivity index (χ4v) is 5.27. The predicted molar refractivity (Wildman–Crippen MR) is 140 cm³/mol. The molecule has 0 aromatic heterocycles. The molecule has 198 valence electrons. The SMILES string of the molecule is Cc1c(C=CC2CCOCC2)c([C@H](OC(C)(C)C)C(=O)O)c(C)c2c1CN(C(=O)c1cccc(F)c1)C2. The summed E-state index contributed by atoms with van der Waals surface area (Å²) in [7, 11) is 0. The van der Waals surface area contributed by atoms with Gasteiger partial charge in [-0.3, -0.25) is 4.79 Å². The third-order valence-electron chi connectivity index (χ3n) is 7.18. The van der Waals surface area contributed by atoms with Crippen LogP contribution in [-0.2, 0) is 27.4 Å². The second kappa shape index (κ2) is 10.8. The number of allylic oxidation sites excluding steroid dienone is 1. The summed E-state index contributed by atoms with van der Waals surface area (Å²) in [5, 5.41) is 10.2. The van der Waals surface area contributed by atoms with Crippen LogP contribution in [0.1, 0.15) is 83.5 Å². The van der Waals surface area contributed by atoms with E-state index in [9.17, 15) is 19.1 Å². The molecule has 2 aromatic rings. The summed E-state index contributed by atoms with van der Waals surface area (Å²) < 4.78 is 25.4. The van der Waals surface area contributed by atoms with E-state index in [1.54, 1.807) is 11.0 Å². The Labute approximate surface area is 218 Å². The van der Waals surface area contributed by atoms with Crippen LogP contribution in [0.25, 0.3) is 6.08 Å². The van der Waals surface area contributed by atoms with Crippen molar-refractivity contribution in [1.29, 1.82) is 0 Å². The minimum atomic E-state index is -1.16. The molecule has 0 radical (unpaired) electrons. The molecule has 6 nitrogen and oxygen atoms in total. The molecule has 7 heteroatoms. The van der Waals surface area contributed by atoms with Gasteiger partial charge in [0.25, 0.3) is 5.91 Å². The van der Waals surface area contributed by atoms with Crippen LogP contribution in [0.5, 0.6) is 0 Å². The lowest BCUT2D eigenvalue weighted by Crippen LogP contribution is -2.29. The second-order valence-electron chi connectivity index (χ2n) is 11.0.